The maximum atomic E-state index is 9.76. The molecule has 0 amide bonds. The van der Waals surface area contributed by atoms with Crippen LogP contribution in [-0.4, -0.2) is 42.1 Å². The quantitative estimate of drug-likeness (QED) is 0.448. The average Bonchev–Trinajstić information content (AvgIpc) is 3.30. The molecule has 0 radical (unpaired) electrons. The molecule has 4 rings (SSSR count). The van der Waals surface area contributed by atoms with Crippen molar-refractivity contribution < 1.29 is 14.6 Å². The van der Waals surface area contributed by atoms with Crippen molar-refractivity contribution in [2.45, 2.75) is 63.4 Å². The Balaban J connectivity index is 1.88. The Morgan fingerprint density at radius 2 is 2.19 bits per heavy atom. The number of hydrogen-bond donors (Lipinski definition) is 1. The molecule has 1 aliphatic heterocycles. The molecular weight excluding hydrogens is 390 g/mol. The first kappa shape index (κ1) is 18.6. The minimum Gasteiger partial charge on any atom is -0.479 e. The maximum Gasteiger partial charge on any atom is 0.316 e. The van der Waals surface area contributed by atoms with Gasteiger partial charge in [-0.15, -0.1) is 5.10 Å². The summed E-state index contributed by atoms with van der Waals surface area (Å²) in [6.45, 7) is 6.39. The van der Waals surface area contributed by atoms with Gasteiger partial charge in [-0.3, -0.25) is 0 Å². The molecule has 10 heteroatoms. The molecular formula is C17H22ClN5O3S. The molecule has 0 aromatic carbocycles. The number of fused-ring (bicyclic) bond motifs is 1. The third-order valence-electron chi connectivity index (χ3n) is 5.49. The second kappa shape index (κ2) is 6.70. The number of ether oxygens (including phenoxy) is 2. The van der Waals surface area contributed by atoms with Crippen molar-refractivity contribution in [2.75, 3.05) is 5.75 Å². The van der Waals surface area contributed by atoms with Crippen LogP contribution >= 0.6 is 23.4 Å². The molecule has 2 unspecified atom stereocenters. The summed E-state index contributed by atoms with van der Waals surface area (Å²) in [5.41, 5.74) is 0.0924. The maximum absolute atomic E-state index is 9.76. The summed E-state index contributed by atoms with van der Waals surface area (Å²) in [5.74, 6) is 0.658. The van der Waals surface area contributed by atoms with Crippen LogP contribution in [0.25, 0.3) is 11.2 Å². The van der Waals surface area contributed by atoms with Crippen LogP contribution in [0.5, 0.6) is 0 Å². The SMILES string of the molecule is CCCSc1nc(Cl)c2nnn(C3(C4OC=C(O)O4)CCCC3(C)C)c2n1. The summed E-state index contributed by atoms with van der Waals surface area (Å²) in [4.78, 5) is 9.03. The predicted molar refractivity (Wildman–Crippen MR) is 101 cm³/mol. The molecule has 1 saturated carbocycles. The van der Waals surface area contributed by atoms with Gasteiger partial charge in [0.2, 0.25) is 0 Å². The Morgan fingerprint density at radius 1 is 1.37 bits per heavy atom. The molecule has 2 aromatic rings. The van der Waals surface area contributed by atoms with Gasteiger partial charge in [0.25, 0.3) is 6.29 Å². The number of hydrogen-bond acceptors (Lipinski definition) is 8. The third kappa shape index (κ3) is 2.82. The molecule has 1 fully saturated rings. The van der Waals surface area contributed by atoms with Crippen molar-refractivity contribution in [1.29, 1.82) is 0 Å². The van der Waals surface area contributed by atoms with Crippen LogP contribution in [0.15, 0.2) is 17.4 Å². The van der Waals surface area contributed by atoms with Crippen LogP contribution in [-0.2, 0) is 15.0 Å². The highest BCUT2D eigenvalue weighted by atomic mass is 35.5. The van der Waals surface area contributed by atoms with Crippen LogP contribution in [0.1, 0.15) is 46.5 Å². The van der Waals surface area contributed by atoms with Gasteiger partial charge >= 0.3 is 5.95 Å². The largest absolute Gasteiger partial charge is 0.479 e. The number of nitrogens with zero attached hydrogens (tertiary/aromatic N) is 5. The fourth-order valence-corrected chi connectivity index (χ4v) is 5.02. The summed E-state index contributed by atoms with van der Waals surface area (Å²) < 4.78 is 13.1. The minimum atomic E-state index is -0.722. The van der Waals surface area contributed by atoms with Crippen LogP contribution in [0.4, 0.5) is 0 Å². The lowest BCUT2D eigenvalue weighted by Crippen LogP contribution is -2.53. The first-order valence-electron chi connectivity index (χ1n) is 9.02. The second-order valence-electron chi connectivity index (χ2n) is 7.52. The third-order valence-corrected chi connectivity index (χ3v) is 6.81. The van der Waals surface area contributed by atoms with Crippen LogP contribution in [0.2, 0.25) is 5.15 Å². The monoisotopic (exact) mass is 411 g/mol. The van der Waals surface area contributed by atoms with Crippen molar-refractivity contribution in [3.8, 4) is 0 Å². The number of aliphatic hydroxyl groups is 1. The molecule has 27 heavy (non-hydrogen) atoms. The highest BCUT2D eigenvalue weighted by molar-refractivity contribution is 7.99. The van der Waals surface area contributed by atoms with E-state index in [2.05, 4.69) is 36.1 Å². The van der Waals surface area contributed by atoms with Crippen LogP contribution in [0.3, 0.4) is 0 Å². The van der Waals surface area contributed by atoms with Crippen molar-refractivity contribution in [3.63, 3.8) is 0 Å². The summed E-state index contributed by atoms with van der Waals surface area (Å²) in [6, 6.07) is 0. The van der Waals surface area contributed by atoms with Gasteiger partial charge in [-0.2, -0.15) is 0 Å². The van der Waals surface area contributed by atoms with E-state index >= 15 is 0 Å². The lowest BCUT2D eigenvalue weighted by molar-refractivity contribution is -0.166. The van der Waals surface area contributed by atoms with Gasteiger partial charge < -0.3 is 14.6 Å². The normalized spacial score (nSPS) is 26.8. The zero-order valence-corrected chi connectivity index (χ0v) is 17.0. The summed E-state index contributed by atoms with van der Waals surface area (Å²) >= 11 is 7.91. The lowest BCUT2D eigenvalue weighted by atomic mass is 9.74. The zero-order valence-electron chi connectivity index (χ0n) is 15.5. The Morgan fingerprint density at radius 3 is 2.81 bits per heavy atom. The smallest absolute Gasteiger partial charge is 0.316 e. The van der Waals surface area contributed by atoms with Crippen molar-refractivity contribution in [1.82, 2.24) is 25.0 Å². The number of halogens is 1. The standard InChI is InChI=1S/C17H22ClN5O3S/c1-4-8-27-15-19-12(18)11-13(20-15)23(22-21-11)17(7-5-6-16(17,2)3)14-25-9-10(24)26-14/h9,14,24H,4-8H2,1-3H3. The van der Waals surface area contributed by atoms with E-state index in [9.17, 15) is 5.11 Å². The molecule has 0 spiro atoms. The highest BCUT2D eigenvalue weighted by Crippen LogP contribution is 2.55. The van der Waals surface area contributed by atoms with E-state index in [-0.39, 0.29) is 16.5 Å². The molecule has 3 heterocycles. The number of aromatic nitrogens is 5. The fourth-order valence-electron chi connectivity index (χ4n) is 4.07. The molecule has 146 valence electrons. The van der Waals surface area contributed by atoms with E-state index in [1.54, 1.807) is 16.4 Å². The van der Waals surface area contributed by atoms with Crippen molar-refractivity contribution >= 4 is 34.5 Å². The summed E-state index contributed by atoms with van der Waals surface area (Å²) in [5, 5.41) is 19.3. The van der Waals surface area contributed by atoms with Crippen LogP contribution in [0, 0.1) is 5.41 Å². The first-order chi connectivity index (χ1) is 12.9. The van der Waals surface area contributed by atoms with Gasteiger partial charge in [0, 0.05) is 5.75 Å². The van der Waals surface area contributed by atoms with E-state index in [1.165, 1.54) is 6.26 Å². The number of thioether (sulfide) groups is 1. The van der Waals surface area contributed by atoms with Crippen molar-refractivity contribution in [3.05, 3.63) is 17.4 Å². The van der Waals surface area contributed by atoms with Gasteiger partial charge in [-0.1, -0.05) is 55.8 Å². The highest BCUT2D eigenvalue weighted by Gasteiger charge is 2.60. The topological polar surface area (TPSA) is 95.2 Å². The number of aliphatic hydroxyl groups excluding tert-OH is 1. The summed E-state index contributed by atoms with van der Waals surface area (Å²) in [6.07, 6.45) is 4.18. The van der Waals surface area contributed by atoms with E-state index in [1.807, 2.05) is 0 Å². The van der Waals surface area contributed by atoms with Crippen molar-refractivity contribution in [2.24, 2.45) is 5.41 Å². The molecule has 8 nitrogen and oxygen atoms in total. The van der Waals surface area contributed by atoms with Gasteiger partial charge in [0.15, 0.2) is 27.7 Å². The van der Waals surface area contributed by atoms with Gasteiger partial charge in [0.1, 0.15) is 5.54 Å². The van der Waals surface area contributed by atoms with E-state index in [0.29, 0.717) is 16.3 Å². The Bertz CT molecular complexity index is 902. The average molecular weight is 412 g/mol. The Hall–Kier alpha value is -1.74. The molecule has 0 saturated heterocycles. The lowest BCUT2D eigenvalue weighted by Gasteiger charge is -2.43. The summed E-state index contributed by atoms with van der Waals surface area (Å²) in [7, 11) is 0. The molecule has 2 aliphatic rings. The minimum absolute atomic E-state index is 0.231. The first-order valence-corrected chi connectivity index (χ1v) is 10.4. The van der Waals surface area contributed by atoms with Crippen LogP contribution < -0.4 is 0 Å². The zero-order chi connectivity index (χ0) is 19.2. The Kier molecular flexibility index (Phi) is 4.62. The van der Waals surface area contributed by atoms with E-state index in [4.69, 9.17) is 26.1 Å². The molecule has 2 aromatic heterocycles. The van der Waals surface area contributed by atoms with E-state index < -0.39 is 11.8 Å². The van der Waals surface area contributed by atoms with E-state index in [0.717, 1.165) is 31.4 Å². The molecule has 2 atom stereocenters. The van der Waals surface area contributed by atoms with Gasteiger partial charge in [-0.05, 0) is 24.7 Å². The predicted octanol–water partition coefficient (Wildman–Crippen LogP) is 4.01. The fraction of sp³-hybridized carbons (Fsp3) is 0.647. The molecule has 1 N–H and O–H groups in total. The Labute approximate surface area is 166 Å². The number of rotatable bonds is 5. The van der Waals surface area contributed by atoms with Gasteiger partial charge in [0.05, 0.1) is 0 Å². The second-order valence-corrected chi connectivity index (χ2v) is 8.94. The van der Waals surface area contributed by atoms with Gasteiger partial charge in [-0.25, -0.2) is 14.6 Å². The molecule has 1 aliphatic carbocycles. The molecule has 0 bridgehead atoms.